The Hall–Kier alpha value is -0.770. The van der Waals surface area contributed by atoms with Gasteiger partial charge < -0.3 is 10.2 Å². The normalized spacial score (nSPS) is 15.5. The average molecular weight is 273 g/mol. The van der Waals surface area contributed by atoms with Crippen LogP contribution in [0.4, 0.5) is 0 Å². The second kappa shape index (κ2) is 5.25. The molecule has 1 N–H and O–H groups in total. The molecule has 0 aromatic heterocycles. The second-order valence-electron chi connectivity index (χ2n) is 4.33. The van der Waals surface area contributed by atoms with Gasteiger partial charge in [0.15, 0.2) is 0 Å². The predicted octanol–water partition coefficient (Wildman–Crippen LogP) is 2.17. The van der Waals surface area contributed by atoms with E-state index in [2.05, 4.69) is 5.32 Å². The molecule has 0 bridgehead atoms. The summed E-state index contributed by atoms with van der Waals surface area (Å²) in [4.78, 5) is 13.6. The van der Waals surface area contributed by atoms with Gasteiger partial charge in [-0.05, 0) is 23.8 Å². The van der Waals surface area contributed by atoms with Crippen molar-refractivity contribution in [2.45, 2.75) is 6.54 Å². The van der Waals surface area contributed by atoms with Crippen LogP contribution in [0.15, 0.2) is 18.2 Å². The molecule has 1 saturated heterocycles. The van der Waals surface area contributed by atoms with Crippen LogP contribution in [0.3, 0.4) is 0 Å². The fourth-order valence-corrected chi connectivity index (χ4v) is 2.40. The van der Waals surface area contributed by atoms with Gasteiger partial charge in [0.05, 0.1) is 5.92 Å². The Balaban J connectivity index is 2.01. The van der Waals surface area contributed by atoms with Crippen molar-refractivity contribution in [1.29, 1.82) is 0 Å². The molecule has 1 heterocycles. The summed E-state index contributed by atoms with van der Waals surface area (Å²) in [6, 6.07) is 5.34. The molecule has 1 aliphatic rings. The number of amides is 1. The highest BCUT2D eigenvalue weighted by Crippen LogP contribution is 2.20. The summed E-state index contributed by atoms with van der Waals surface area (Å²) < 4.78 is 0. The number of hydrogen-bond acceptors (Lipinski definition) is 2. The van der Waals surface area contributed by atoms with Crippen molar-refractivity contribution in [1.82, 2.24) is 10.2 Å². The second-order valence-corrected chi connectivity index (χ2v) is 5.20. The van der Waals surface area contributed by atoms with Crippen LogP contribution in [0.25, 0.3) is 0 Å². The summed E-state index contributed by atoms with van der Waals surface area (Å²) in [5, 5.41) is 4.28. The lowest BCUT2D eigenvalue weighted by Gasteiger charge is -2.30. The molecule has 1 aromatic rings. The first-order chi connectivity index (χ1) is 8.06. The number of carbonyl (C=O) groups excluding carboxylic acids is 1. The molecule has 0 spiro atoms. The molecule has 1 aromatic carbocycles. The highest BCUT2D eigenvalue weighted by molar-refractivity contribution is 6.34. The molecule has 0 unspecified atom stereocenters. The molecular formula is C12H14Cl2N2O. The van der Waals surface area contributed by atoms with Crippen molar-refractivity contribution in [2.75, 3.05) is 20.1 Å². The van der Waals surface area contributed by atoms with Gasteiger partial charge in [0.1, 0.15) is 0 Å². The molecule has 17 heavy (non-hydrogen) atoms. The topological polar surface area (TPSA) is 32.3 Å². The first-order valence-corrected chi connectivity index (χ1v) is 6.22. The van der Waals surface area contributed by atoms with E-state index in [9.17, 15) is 4.79 Å². The summed E-state index contributed by atoms with van der Waals surface area (Å²) in [6.45, 7) is 2.09. The molecule has 1 fully saturated rings. The molecule has 1 amide bonds. The minimum Gasteiger partial charge on any atom is -0.341 e. The maximum absolute atomic E-state index is 11.9. The number of carbonyl (C=O) groups is 1. The molecule has 3 nitrogen and oxygen atoms in total. The standard InChI is InChI=1S/C12H14Cl2N2O/c1-16(12(17)9-5-15-6-9)7-8-2-10(13)4-11(14)3-8/h2-4,9,15H,5-7H2,1H3. The van der Waals surface area contributed by atoms with E-state index < -0.39 is 0 Å². The zero-order valence-corrected chi connectivity index (χ0v) is 11.1. The minimum atomic E-state index is 0.120. The van der Waals surface area contributed by atoms with Crippen LogP contribution in [0.1, 0.15) is 5.56 Å². The Morgan fingerprint density at radius 2 is 1.94 bits per heavy atom. The quantitative estimate of drug-likeness (QED) is 0.915. The lowest BCUT2D eigenvalue weighted by molar-refractivity contribution is -0.136. The van der Waals surface area contributed by atoms with Gasteiger partial charge in [-0.1, -0.05) is 23.2 Å². The Bertz CT molecular complexity index is 412. The third-order valence-corrected chi connectivity index (χ3v) is 3.29. The van der Waals surface area contributed by atoms with Crippen LogP contribution in [-0.2, 0) is 11.3 Å². The van der Waals surface area contributed by atoms with Crippen molar-refractivity contribution in [3.8, 4) is 0 Å². The predicted molar refractivity (Wildman–Crippen MR) is 69.3 cm³/mol. The maximum Gasteiger partial charge on any atom is 0.228 e. The third-order valence-electron chi connectivity index (χ3n) is 2.85. The molecule has 92 valence electrons. The van der Waals surface area contributed by atoms with Crippen molar-refractivity contribution in [3.63, 3.8) is 0 Å². The Morgan fingerprint density at radius 3 is 2.41 bits per heavy atom. The van der Waals surface area contributed by atoms with E-state index in [0.29, 0.717) is 16.6 Å². The van der Waals surface area contributed by atoms with Gasteiger partial charge in [-0.3, -0.25) is 4.79 Å². The van der Waals surface area contributed by atoms with Crippen molar-refractivity contribution in [3.05, 3.63) is 33.8 Å². The molecule has 0 aliphatic carbocycles. The Kier molecular flexibility index (Phi) is 3.92. The Labute approximate surface area is 111 Å². The zero-order chi connectivity index (χ0) is 12.4. The molecule has 0 atom stereocenters. The lowest BCUT2D eigenvalue weighted by Crippen LogP contribution is -2.50. The number of nitrogens with one attached hydrogen (secondary N) is 1. The number of hydrogen-bond donors (Lipinski definition) is 1. The van der Waals surface area contributed by atoms with Gasteiger partial charge in [0.25, 0.3) is 0 Å². The molecule has 1 aliphatic heterocycles. The van der Waals surface area contributed by atoms with E-state index in [1.807, 2.05) is 12.1 Å². The molecule has 0 radical (unpaired) electrons. The molecule has 0 saturated carbocycles. The van der Waals surface area contributed by atoms with Gasteiger partial charge in [0, 0.05) is 36.7 Å². The van der Waals surface area contributed by atoms with Crippen LogP contribution in [0.2, 0.25) is 10.0 Å². The van der Waals surface area contributed by atoms with Crippen molar-refractivity contribution in [2.24, 2.45) is 5.92 Å². The van der Waals surface area contributed by atoms with Gasteiger partial charge in [-0.15, -0.1) is 0 Å². The maximum atomic E-state index is 11.9. The SMILES string of the molecule is CN(Cc1cc(Cl)cc(Cl)c1)C(=O)C1CNC1. The van der Waals surface area contributed by atoms with Crippen LogP contribution in [0.5, 0.6) is 0 Å². The summed E-state index contributed by atoms with van der Waals surface area (Å²) in [5.74, 6) is 0.287. The van der Waals surface area contributed by atoms with E-state index in [-0.39, 0.29) is 11.8 Å². The van der Waals surface area contributed by atoms with E-state index >= 15 is 0 Å². The summed E-state index contributed by atoms with van der Waals surface area (Å²) >= 11 is 11.8. The van der Waals surface area contributed by atoms with Crippen LogP contribution in [-0.4, -0.2) is 30.9 Å². The Morgan fingerprint density at radius 1 is 1.35 bits per heavy atom. The zero-order valence-electron chi connectivity index (χ0n) is 9.54. The highest BCUT2D eigenvalue weighted by atomic mass is 35.5. The number of halogens is 2. The third kappa shape index (κ3) is 3.12. The van der Waals surface area contributed by atoms with Crippen molar-refractivity contribution < 1.29 is 4.79 Å². The smallest absolute Gasteiger partial charge is 0.228 e. The lowest BCUT2D eigenvalue weighted by atomic mass is 10.0. The molecule has 5 heteroatoms. The number of benzene rings is 1. The number of rotatable bonds is 3. The van der Waals surface area contributed by atoms with E-state index in [1.165, 1.54) is 0 Å². The summed E-state index contributed by atoms with van der Waals surface area (Å²) in [6.07, 6.45) is 0. The van der Waals surface area contributed by atoms with Crippen LogP contribution < -0.4 is 5.32 Å². The van der Waals surface area contributed by atoms with Crippen LogP contribution >= 0.6 is 23.2 Å². The van der Waals surface area contributed by atoms with Crippen LogP contribution in [0, 0.1) is 5.92 Å². The van der Waals surface area contributed by atoms with Crippen molar-refractivity contribution >= 4 is 29.1 Å². The first kappa shape index (κ1) is 12.7. The van der Waals surface area contributed by atoms with E-state index in [1.54, 1.807) is 18.0 Å². The molecule has 2 rings (SSSR count). The fraction of sp³-hybridized carbons (Fsp3) is 0.417. The van der Waals surface area contributed by atoms with Gasteiger partial charge in [-0.2, -0.15) is 0 Å². The largest absolute Gasteiger partial charge is 0.341 e. The average Bonchev–Trinajstić information content (AvgIpc) is 2.12. The van der Waals surface area contributed by atoms with Gasteiger partial charge in [-0.25, -0.2) is 0 Å². The highest BCUT2D eigenvalue weighted by Gasteiger charge is 2.27. The first-order valence-electron chi connectivity index (χ1n) is 5.47. The van der Waals surface area contributed by atoms with Gasteiger partial charge >= 0.3 is 0 Å². The minimum absolute atomic E-state index is 0.120. The molecular weight excluding hydrogens is 259 g/mol. The van der Waals surface area contributed by atoms with E-state index in [4.69, 9.17) is 23.2 Å². The van der Waals surface area contributed by atoms with Gasteiger partial charge in [0.2, 0.25) is 5.91 Å². The monoisotopic (exact) mass is 272 g/mol. The van der Waals surface area contributed by atoms with E-state index in [0.717, 1.165) is 18.7 Å². The summed E-state index contributed by atoms with van der Waals surface area (Å²) in [7, 11) is 1.80. The number of nitrogens with zero attached hydrogens (tertiary/aromatic N) is 1. The summed E-state index contributed by atoms with van der Waals surface area (Å²) in [5.41, 5.74) is 0.950. The fourth-order valence-electron chi connectivity index (χ4n) is 1.83.